The number of rotatable bonds is 1. The van der Waals surface area contributed by atoms with Gasteiger partial charge in [0.1, 0.15) is 0 Å². The van der Waals surface area contributed by atoms with Crippen molar-refractivity contribution in [1.82, 2.24) is 0 Å². The van der Waals surface area contributed by atoms with E-state index in [1.54, 1.807) is 0 Å². The first-order valence-electron chi connectivity index (χ1n) is 3.57. The molecule has 0 N–H and O–H groups in total. The number of hydrogen-bond acceptors (Lipinski definition) is 2. The van der Waals surface area contributed by atoms with Gasteiger partial charge in [-0.25, -0.2) is 9.78 Å². The van der Waals surface area contributed by atoms with E-state index in [1.807, 2.05) is 41.5 Å². The zero-order valence-electron chi connectivity index (χ0n) is 7.82. The Morgan fingerprint density at radius 2 is 0.818 bits per heavy atom. The van der Waals surface area contributed by atoms with Crippen LogP contribution in [-0.2, 0) is 9.78 Å². The van der Waals surface area contributed by atoms with Crippen molar-refractivity contribution in [3.05, 3.63) is 0 Å². The standard InChI is InChI=1S/C8H18O2.CH4/c1-7(2,3)9-10-8(4,5)6;/h1-6H3;1H4. The fraction of sp³-hybridized carbons (Fsp3) is 1.00. The van der Waals surface area contributed by atoms with Crippen LogP contribution in [-0.4, -0.2) is 11.2 Å². The molecule has 0 spiro atoms. The molecule has 0 saturated carbocycles. The summed E-state index contributed by atoms with van der Waals surface area (Å²) in [5, 5.41) is 0. The molecule has 0 aromatic rings. The van der Waals surface area contributed by atoms with Crippen molar-refractivity contribution >= 4 is 0 Å². The van der Waals surface area contributed by atoms with Crippen LogP contribution in [0, 0.1) is 0 Å². The van der Waals surface area contributed by atoms with Gasteiger partial charge >= 0.3 is 0 Å². The van der Waals surface area contributed by atoms with E-state index < -0.39 is 0 Å². The Morgan fingerprint density at radius 3 is 0.909 bits per heavy atom. The molecule has 0 saturated heterocycles. The van der Waals surface area contributed by atoms with Crippen molar-refractivity contribution in [1.29, 1.82) is 0 Å². The molecule has 0 radical (unpaired) electrons. The van der Waals surface area contributed by atoms with Crippen LogP contribution in [0.5, 0.6) is 0 Å². The second-order valence-electron chi connectivity index (χ2n) is 4.39. The molecule has 0 aliphatic carbocycles. The molecule has 0 rings (SSSR count). The average Bonchev–Trinajstić information content (AvgIpc) is 1.57. The van der Waals surface area contributed by atoms with Gasteiger partial charge in [-0.3, -0.25) is 0 Å². The molecule has 0 aromatic carbocycles. The van der Waals surface area contributed by atoms with Gasteiger partial charge in [0, 0.05) is 0 Å². The quantitative estimate of drug-likeness (QED) is 0.435. The zero-order valence-corrected chi connectivity index (χ0v) is 7.82. The Hall–Kier alpha value is -0.0800. The van der Waals surface area contributed by atoms with Crippen LogP contribution >= 0.6 is 0 Å². The Kier molecular flexibility index (Phi) is 5.00. The van der Waals surface area contributed by atoms with Gasteiger partial charge in [-0.15, -0.1) is 0 Å². The van der Waals surface area contributed by atoms with E-state index in [0.29, 0.717) is 0 Å². The van der Waals surface area contributed by atoms with Crippen molar-refractivity contribution in [3.8, 4) is 0 Å². The fourth-order valence-corrected chi connectivity index (χ4v) is 0.250. The molecule has 0 aliphatic heterocycles. The molecular formula is C9H22O2. The van der Waals surface area contributed by atoms with Gasteiger partial charge in [-0.2, -0.15) is 0 Å². The molecule has 0 aliphatic rings. The first-order valence-corrected chi connectivity index (χ1v) is 3.57. The summed E-state index contributed by atoms with van der Waals surface area (Å²) in [5.41, 5.74) is -0.430. The van der Waals surface area contributed by atoms with Crippen molar-refractivity contribution in [3.63, 3.8) is 0 Å². The first kappa shape index (κ1) is 13.5. The van der Waals surface area contributed by atoms with Gasteiger partial charge < -0.3 is 0 Å². The zero-order chi connectivity index (χ0) is 8.41. The maximum absolute atomic E-state index is 5.09. The highest BCUT2D eigenvalue weighted by Gasteiger charge is 2.18. The Labute approximate surface area is 70.8 Å². The predicted octanol–water partition coefficient (Wildman–Crippen LogP) is 3.17. The lowest BCUT2D eigenvalue weighted by Crippen LogP contribution is -2.27. The summed E-state index contributed by atoms with van der Waals surface area (Å²) >= 11 is 0. The topological polar surface area (TPSA) is 18.5 Å². The maximum atomic E-state index is 5.09. The largest absolute Gasteiger partial charge is 0.230 e. The van der Waals surface area contributed by atoms with E-state index in [1.165, 1.54) is 0 Å². The molecule has 0 atom stereocenters. The van der Waals surface area contributed by atoms with Crippen LogP contribution in [0.25, 0.3) is 0 Å². The minimum Gasteiger partial charge on any atom is -0.230 e. The van der Waals surface area contributed by atoms with E-state index in [9.17, 15) is 0 Å². The summed E-state index contributed by atoms with van der Waals surface area (Å²) < 4.78 is 0. The molecule has 11 heavy (non-hydrogen) atoms. The van der Waals surface area contributed by atoms with Gasteiger partial charge in [-0.1, -0.05) is 7.43 Å². The van der Waals surface area contributed by atoms with Crippen molar-refractivity contribution in [2.24, 2.45) is 0 Å². The van der Waals surface area contributed by atoms with E-state index in [2.05, 4.69) is 0 Å². The third-order valence-electron chi connectivity index (χ3n) is 0.542. The second kappa shape index (κ2) is 4.07. The highest BCUT2D eigenvalue weighted by Crippen LogP contribution is 2.14. The fourth-order valence-electron chi connectivity index (χ4n) is 0.250. The lowest BCUT2D eigenvalue weighted by molar-refractivity contribution is -0.393. The van der Waals surface area contributed by atoms with Gasteiger partial charge in [0.05, 0.1) is 11.2 Å². The molecule has 0 heterocycles. The molecule has 0 bridgehead atoms. The molecule has 0 aromatic heterocycles. The van der Waals surface area contributed by atoms with Crippen molar-refractivity contribution in [2.45, 2.75) is 60.2 Å². The molecule has 0 unspecified atom stereocenters. The minimum absolute atomic E-state index is 0. The minimum atomic E-state index is -0.215. The Morgan fingerprint density at radius 1 is 0.636 bits per heavy atom. The molecule has 70 valence electrons. The number of hydrogen-bond donors (Lipinski definition) is 0. The van der Waals surface area contributed by atoms with Crippen LogP contribution < -0.4 is 0 Å². The smallest absolute Gasteiger partial charge is 0.0952 e. The normalized spacial score (nSPS) is 12.5. The summed E-state index contributed by atoms with van der Waals surface area (Å²) in [5.74, 6) is 0. The Bertz CT molecular complexity index is 81.1. The van der Waals surface area contributed by atoms with Gasteiger partial charge in [0.2, 0.25) is 0 Å². The van der Waals surface area contributed by atoms with Crippen LogP contribution in [0.15, 0.2) is 0 Å². The predicted molar refractivity (Wildman–Crippen MR) is 48.4 cm³/mol. The van der Waals surface area contributed by atoms with Gasteiger partial charge in [0.25, 0.3) is 0 Å². The summed E-state index contributed by atoms with van der Waals surface area (Å²) in [6, 6.07) is 0. The molecule has 2 nitrogen and oxygen atoms in total. The van der Waals surface area contributed by atoms with Crippen LogP contribution in [0.2, 0.25) is 0 Å². The monoisotopic (exact) mass is 162 g/mol. The second-order valence-corrected chi connectivity index (χ2v) is 4.39. The molecule has 0 amide bonds. The maximum Gasteiger partial charge on any atom is 0.0952 e. The third-order valence-corrected chi connectivity index (χ3v) is 0.542. The van der Waals surface area contributed by atoms with Crippen LogP contribution in [0.1, 0.15) is 49.0 Å². The van der Waals surface area contributed by atoms with E-state index in [4.69, 9.17) is 9.78 Å². The summed E-state index contributed by atoms with van der Waals surface area (Å²) in [6.07, 6.45) is 0. The highest BCUT2D eigenvalue weighted by atomic mass is 17.2. The molecule has 0 fully saturated rings. The summed E-state index contributed by atoms with van der Waals surface area (Å²) in [4.78, 5) is 10.2. The first-order chi connectivity index (χ1) is 4.21. The van der Waals surface area contributed by atoms with Crippen LogP contribution in [0.4, 0.5) is 0 Å². The molecular weight excluding hydrogens is 140 g/mol. The summed E-state index contributed by atoms with van der Waals surface area (Å²) in [7, 11) is 0. The van der Waals surface area contributed by atoms with Gasteiger partial charge in [-0.05, 0) is 41.5 Å². The third kappa shape index (κ3) is 13.0. The lowest BCUT2D eigenvalue weighted by Gasteiger charge is -2.24. The highest BCUT2D eigenvalue weighted by molar-refractivity contribution is 4.58. The van der Waals surface area contributed by atoms with E-state index >= 15 is 0 Å². The Balaban J connectivity index is 0. The van der Waals surface area contributed by atoms with Crippen molar-refractivity contribution in [2.75, 3.05) is 0 Å². The average molecular weight is 162 g/mol. The lowest BCUT2D eigenvalue weighted by atomic mass is 10.2. The SMILES string of the molecule is C.CC(C)(C)OOC(C)(C)C. The van der Waals surface area contributed by atoms with Gasteiger partial charge in [0.15, 0.2) is 0 Å². The van der Waals surface area contributed by atoms with Crippen LogP contribution in [0.3, 0.4) is 0 Å². The molecule has 2 heteroatoms. The van der Waals surface area contributed by atoms with E-state index in [-0.39, 0.29) is 18.6 Å². The van der Waals surface area contributed by atoms with E-state index in [0.717, 1.165) is 0 Å². The van der Waals surface area contributed by atoms with Crippen molar-refractivity contribution < 1.29 is 9.78 Å². The summed E-state index contributed by atoms with van der Waals surface area (Å²) in [6.45, 7) is 11.7.